The van der Waals surface area contributed by atoms with E-state index in [4.69, 9.17) is 14.7 Å². The van der Waals surface area contributed by atoms with Crippen molar-refractivity contribution < 1.29 is 37.5 Å². The zero-order valence-electron chi connectivity index (χ0n) is 18.5. The van der Waals surface area contributed by atoms with E-state index in [0.29, 0.717) is 31.8 Å². The van der Waals surface area contributed by atoms with Crippen molar-refractivity contribution in [2.45, 2.75) is 37.6 Å². The van der Waals surface area contributed by atoms with Crippen LogP contribution >= 0.6 is 0 Å². The van der Waals surface area contributed by atoms with E-state index in [1.807, 2.05) is 18.2 Å². The molecule has 2 aliphatic rings. The van der Waals surface area contributed by atoms with Crippen LogP contribution in [0.1, 0.15) is 25.0 Å². The number of carbonyl (C=O) groups is 3. The van der Waals surface area contributed by atoms with Gasteiger partial charge in [-0.3, -0.25) is 9.78 Å². The number of amides is 3. The number of aliphatic carboxylic acids is 1. The molecule has 10 nitrogen and oxygen atoms in total. The van der Waals surface area contributed by atoms with Crippen LogP contribution in [-0.4, -0.2) is 94.4 Å². The minimum Gasteiger partial charge on any atom is -0.475 e. The van der Waals surface area contributed by atoms with Crippen molar-refractivity contribution in [3.05, 3.63) is 30.1 Å². The molecule has 1 saturated heterocycles. The quantitative estimate of drug-likeness (QED) is 0.718. The fourth-order valence-electron chi connectivity index (χ4n) is 3.43. The maximum absolute atomic E-state index is 12.7. The lowest BCUT2D eigenvalue weighted by atomic mass is 9.88. The molecule has 1 N–H and O–H groups in total. The van der Waals surface area contributed by atoms with Crippen molar-refractivity contribution in [3.63, 3.8) is 0 Å². The van der Waals surface area contributed by atoms with Crippen LogP contribution < -0.4 is 0 Å². The largest absolute Gasteiger partial charge is 0.490 e. The van der Waals surface area contributed by atoms with Crippen LogP contribution in [0.4, 0.5) is 18.0 Å². The van der Waals surface area contributed by atoms with Gasteiger partial charge in [-0.25, -0.2) is 9.59 Å². The molecule has 1 spiro atoms. The highest BCUT2D eigenvalue weighted by Gasteiger charge is 2.46. The summed E-state index contributed by atoms with van der Waals surface area (Å²) in [5, 5.41) is 11.2. The minimum absolute atomic E-state index is 0.0419. The molecule has 3 amide bonds. The Morgan fingerprint density at radius 1 is 1.24 bits per heavy atom. The van der Waals surface area contributed by atoms with Gasteiger partial charge in [-0.05, 0) is 25.0 Å². The van der Waals surface area contributed by atoms with Crippen LogP contribution in [0, 0.1) is 0 Å². The van der Waals surface area contributed by atoms with E-state index in [9.17, 15) is 22.8 Å². The molecule has 1 aromatic rings. The standard InChI is InChI=1S/C18H25N5O3.C2HF3O2/c1-21(2)17(25)23-10-6-8-18(13-23)11-15(20-26-18)16(24)22(3)12-14-7-4-5-9-19-14;3-2(4,5)1(6)7/h4-5,7,9H,6,8,10-13H2,1-3H3;(H,6,7). The number of hydrogen-bond acceptors (Lipinski definition) is 6. The summed E-state index contributed by atoms with van der Waals surface area (Å²) < 4.78 is 31.7. The van der Waals surface area contributed by atoms with Gasteiger partial charge >= 0.3 is 18.2 Å². The number of alkyl halides is 3. The van der Waals surface area contributed by atoms with Crippen LogP contribution in [-0.2, 0) is 21.0 Å². The number of halogens is 3. The van der Waals surface area contributed by atoms with Crippen molar-refractivity contribution in [2.75, 3.05) is 34.2 Å². The molecule has 1 fully saturated rings. The third kappa shape index (κ3) is 7.05. The predicted molar refractivity (Wildman–Crippen MR) is 110 cm³/mol. The second-order valence-corrected chi connectivity index (χ2v) is 7.98. The highest BCUT2D eigenvalue weighted by atomic mass is 19.4. The van der Waals surface area contributed by atoms with Gasteiger partial charge in [0.05, 0.1) is 18.8 Å². The van der Waals surface area contributed by atoms with Gasteiger partial charge in [-0.15, -0.1) is 0 Å². The molecule has 3 heterocycles. The maximum Gasteiger partial charge on any atom is 0.490 e. The fourth-order valence-corrected chi connectivity index (χ4v) is 3.43. The number of nitrogens with zero attached hydrogens (tertiary/aromatic N) is 5. The Balaban J connectivity index is 0.000000479. The molecule has 1 atom stereocenters. The molecule has 33 heavy (non-hydrogen) atoms. The molecule has 2 aliphatic heterocycles. The lowest BCUT2D eigenvalue weighted by molar-refractivity contribution is -0.192. The summed E-state index contributed by atoms with van der Waals surface area (Å²) in [6, 6.07) is 5.57. The number of urea groups is 1. The number of oxime groups is 1. The second kappa shape index (κ2) is 10.5. The third-order valence-electron chi connectivity index (χ3n) is 4.99. The van der Waals surface area contributed by atoms with Gasteiger partial charge in [-0.1, -0.05) is 11.2 Å². The van der Waals surface area contributed by atoms with Crippen molar-refractivity contribution in [1.29, 1.82) is 0 Å². The van der Waals surface area contributed by atoms with Gasteiger partial charge in [0.1, 0.15) is 5.71 Å². The molecule has 0 aromatic carbocycles. The number of pyridine rings is 1. The maximum atomic E-state index is 12.7. The monoisotopic (exact) mass is 473 g/mol. The molecule has 1 aromatic heterocycles. The van der Waals surface area contributed by atoms with Crippen molar-refractivity contribution in [3.8, 4) is 0 Å². The first-order chi connectivity index (χ1) is 15.3. The number of likely N-dealkylation sites (tertiary alicyclic amines) is 1. The lowest BCUT2D eigenvalue weighted by Gasteiger charge is -2.39. The summed E-state index contributed by atoms with van der Waals surface area (Å²) in [6.45, 7) is 1.57. The number of piperidine rings is 1. The molecule has 0 saturated carbocycles. The van der Waals surface area contributed by atoms with Gasteiger partial charge in [-0.2, -0.15) is 13.2 Å². The van der Waals surface area contributed by atoms with Crippen LogP contribution in [0.3, 0.4) is 0 Å². The molecule has 3 rings (SSSR count). The van der Waals surface area contributed by atoms with Crippen LogP contribution in [0.15, 0.2) is 29.6 Å². The summed E-state index contributed by atoms with van der Waals surface area (Å²) >= 11 is 0. The van der Waals surface area contributed by atoms with E-state index >= 15 is 0 Å². The Kier molecular flexibility index (Phi) is 8.23. The van der Waals surface area contributed by atoms with Crippen LogP contribution in [0.2, 0.25) is 0 Å². The molecule has 1 unspecified atom stereocenters. The Morgan fingerprint density at radius 2 is 1.91 bits per heavy atom. The van der Waals surface area contributed by atoms with E-state index < -0.39 is 17.7 Å². The number of aromatic nitrogens is 1. The zero-order chi connectivity index (χ0) is 24.8. The number of rotatable bonds is 3. The predicted octanol–water partition coefficient (Wildman–Crippen LogP) is 1.97. The van der Waals surface area contributed by atoms with Gasteiger partial charge in [0.15, 0.2) is 5.60 Å². The molecular weight excluding hydrogens is 447 g/mol. The van der Waals surface area contributed by atoms with Gasteiger partial charge in [0.2, 0.25) is 0 Å². The molecule has 0 radical (unpaired) electrons. The van der Waals surface area contributed by atoms with Gasteiger partial charge in [0.25, 0.3) is 5.91 Å². The highest BCUT2D eigenvalue weighted by Crippen LogP contribution is 2.34. The zero-order valence-corrected chi connectivity index (χ0v) is 18.5. The average molecular weight is 473 g/mol. The highest BCUT2D eigenvalue weighted by molar-refractivity contribution is 6.39. The SMILES string of the molecule is CN(C)C(=O)N1CCCC2(CC(C(=O)N(C)Cc3ccccn3)=NO2)C1.O=C(O)C(F)(F)F. The van der Waals surface area contributed by atoms with E-state index in [1.165, 1.54) is 0 Å². The van der Waals surface area contributed by atoms with E-state index in [0.717, 1.165) is 18.5 Å². The minimum atomic E-state index is -5.08. The van der Waals surface area contributed by atoms with Crippen LogP contribution in [0.5, 0.6) is 0 Å². The molecular formula is C20H26F3N5O5. The number of carboxylic acids is 1. The van der Waals surface area contributed by atoms with E-state index in [1.54, 1.807) is 42.0 Å². The lowest BCUT2D eigenvalue weighted by Crippen LogP contribution is -2.53. The normalized spacial score (nSPS) is 19.7. The van der Waals surface area contributed by atoms with E-state index in [2.05, 4.69) is 10.1 Å². The van der Waals surface area contributed by atoms with Crippen molar-refractivity contribution >= 4 is 23.6 Å². The number of carboxylic acid groups (broad SMARTS) is 1. The summed E-state index contributed by atoms with van der Waals surface area (Å²) in [5.41, 5.74) is 0.640. The van der Waals surface area contributed by atoms with Gasteiger partial charge in [0, 0.05) is 40.3 Å². The molecule has 13 heteroatoms. The summed E-state index contributed by atoms with van der Waals surface area (Å²) in [4.78, 5) is 48.7. The van der Waals surface area contributed by atoms with Gasteiger partial charge < -0.3 is 24.6 Å². The number of hydrogen-bond donors (Lipinski definition) is 1. The second-order valence-electron chi connectivity index (χ2n) is 7.98. The van der Waals surface area contributed by atoms with E-state index in [-0.39, 0.29) is 11.9 Å². The average Bonchev–Trinajstić information content (AvgIpc) is 3.15. The summed E-state index contributed by atoms with van der Waals surface area (Å²) in [7, 11) is 5.20. The third-order valence-corrected chi connectivity index (χ3v) is 4.99. The molecule has 182 valence electrons. The Morgan fingerprint density at radius 3 is 2.45 bits per heavy atom. The van der Waals surface area contributed by atoms with Crippen LogP contribution in [0.25, 0.3) is 0 Å². The first-order valence-electron chi connectivity index (χ1n) is 10.0. The summed E-state index contributed by atoms with van der Waals surface area (Å²) in [5.74, 6) is -2.92. The Labute approximate surface area is 188 Å². The number of carbonyl (C=O) groups excluding carboxylic acids is 2. The fraction of sp³-hybridized carbons (Fsp3) is 0.550. The molecule has 0 bridgehead atoms. The summed E-state index contributed by atoms with van der Waals surface area (Å²) in [6.07, 6.45) is -1.33. The van der Waals surface area contributed by atoms with Crippen molar-refractivity contribution in [2.24, 2.45) is 5.16 Å². The Hall–Kier alpha value is -3.38. The first kappa shape index (κ1) is 25.9. The Bertz CT molecular complexity index is 894. The van der Waals surface area contributed by atoms with Crippen molar-refractivity contribution in [1.82, 2.24) is 19.7 Å². The topological polar surface area (TPSA) is 116 Å². The molecule has 0 aliphatic carbocycles. The first-order valence-corrected chi connectivity index (χ1v) is 10.0. The smallest absolute Gasteiger partial charge is 0.475 e.